The van der Waals surface area contributed by atoms with Crippen LogP contribution >= 0.6 is 11.3 Å². The van der Waals surface area contributed by atoms with Gasteiger partial charge in [-0.2, -0.15) is 11.3 Å². The number of thiophene rings is 1. The van der Waals surface area contributed by atoms with Crippen LogP contribution in [-0.4, -0.2) is 19.2 Å². The van der Waals surface area contributed by atoms with Crippen LogP contribution in [0.4, 0.5) is 0 Å². The van der Waals surface area contributed by atoms with Gasteiger partial charge in [0.25, 0.3) is 0 Å². The smallest absolute Gasteiger partial charge is 0.338 e. The SMILES string of the molecule is COC(=O)C1OC1c1c(-c2ccccc2)cccc1-c1ccsc1. The fourth-order valence-electron chi connectivity index (χ4n) is 3.04. The van der Waals surface area contributed by atoms with E-state index in [2.05, 4.69) is 41.1 Å². The predicted octanol–water partition coefficient (Wildman–Crippen LogP) is 4.70. The maximum atomic E-state index is 11.9. The number of hydrogen-bond acceptors (Lipinski definition) is 4. The lowest BCUT2D eigenvalue weighted by Crippen LogP contribution is -2.09. The minimum Gasteiger partial charge on any atom is -0.467 e. The molecule has 1 fully saturated rings. The standard InChI is InChI=1S/C20H16O3S/c1-22-20(21)19-18(23-19)17-15(13-6-3-2-4-7-13)8-5-9-16(17)14-10-11-24-12-14/h2-12,18-19H,1H3. The first-order valence-corrected chi connectivity index (χ1v) is 8.68. The van der Waals surface area contributed by atoms with E-state index in [-0.39, 0.29) is 12.1 Å². The first-order chi connectivity index (χ1) is 11.8. The van der Waals surface area contributed by atoms with E-state index in [1.54, 1.807) is 11.3 Å². The number of esters is 1. The minimum absolute atomic E-state index is 0.260. The lowest BCUT2D eigenvalue weighted by Gasteiger charge is -2.13. The molecule has 3 aromatic rings. The van der Waals surface area contributed by atoms with Crippen molar-refractivity contribution in [2.45, 2.75) is 12.2 Å². The third-order valence-corrected chi connectivity index (χ3v) is 4.92. The average Bonchev–Trinajstić information content (AvgIpc) is 3.24. The Kier molecular flexibility index (Phi) is 3.92. The van der Waals surface area contributed by atoms with Gasteiger partial charge in [0.05, 0.1) is 7.11 Å². The van der Waals surface area contributed by atoms with E-state index in [0.717, 1.165) is 27.8 Å². The molecule has 3 nitrogen and oxygen atoms in total. The second-order valence-corrected chi connectivity index (χ2v) is 6.43. The summed E-state index contributed by atoms with van der Waals surface area (Å²) >= 11 is 1.66. The highest BCUT2D eigenvalue weighted by Gasteiger charge is 2.49. The highest BCUT2D eigenvalue weighted by atomic mass is 32.1. The molecular formula is C20H16O3S. The summed E-state index contributed by atoms with van der Waals surface area (Å²) in [6, 6.07) is 18.5. The zero-order chi connectivity index (χ0) is 16.5. The fraction of sp³-hybridized carbons (Fsp3) is 0.150. The minimum atomic E-state index is -0.516. The molecule has 1 saturated heterocycles. The maximum absolute atomic E-state index is 11.9. The van der Waals surface area contributed by atoms with Crippen LogP contribution in [0.3, 0.4) is 0 Å². The highest BCUT2D eigenvalue weighted by Crippen LogP contribution is 2.48. The first kappa shape index (κ1) is 15.1. The second kappa shape index (κ2) is 6.23. The summed E-state index contributed by atoms with van der Waals surface area (Å²) in [5, 5.41) is 4.17. The molecule has 4 heteroatoms. The van der Waals surface area contributed by atoms with Crippen molar-refractivity contribution in [2.75, 3.05) is 7.11 Å². The molecule has 1 aromatic heterocycles. The summed E-state index contributed by atoms with van der Waals surface area (Å²) in [5.41, 5.74) is 5.51. The Bertz CT molecular complexity index is 856. The summed E-state index contributed by atoms with van der Waals surface area (Å²) in [7, 11) is 1.39. The van der Waals surface area contributed by atoms with E-state index in [1.807, 2.05) is 24.3 Å². The largest absolute Gasteiger partial charge is 0.467 e. The molecule has 0 N–H and O–H groups in total. The number of hydrogen-bond donors (Lipinski definition) is 0. The van der Waals surface area contributed by atoms with Crippen LogP contribution in [-0.2, 0) is 14.3 Å². The molecule has 0 saturated carbocycles. The Hall–Kier alpha value is -2.43. The van der Waals surface area contributed by atoms with E-state index in [9.17, 15) is 4.79 Å². The van der Waals surface area contributed by atoms with Crippen LogP contribution in [0, 0.1) is 0 Å². The third-order valence-electron chi connectivity index (χ3n) is 4.23. The zero-order valence-corrected chi connectivity index (χ0v) is 14.0. The van der Waals surface area contributed by atoms with Crippen molar-refractivity contribution in [3.63, 3.8) is 0 Å². The molecule has 0 bridgehead atoms. The number of carbonyl (C=O) groups excluding carboxylic acids is 1. The van der Waals surface area contributed by atoms with Crippen molar-refractivity contribution in [3.8, 4) is 22.3 Å². The van der Waals surface area contributed by atoms with Gasteiger partial charge in [0.2, 0.25) is 0 Å². The molecule has 0 aliphatic carbocycles. The summed E-state index contributed by atoms with van der Waals surface area (Å²) in [6.07, 6.45) is -0.777. The first-order valence-electron chi connectivity index (χ1n) is 7.74. The molecule has 2 heterocycles. The number of benzene rings is 2. The zero-order valence-electron chi connectivity index (χ0n) is 13.1. The molecule has 2 aromatic carbocycles. The van der Waals surface area contributed by atoms with Gasteiger partial charge in [-0.1, -0.05) is 48.5 Å². The number of epoxide rings is 1. The molecule has 0 amide bonds. The lowest BCUT2D eigenvalue weighted by molar-refractivity contribution is -0.142. The lowest BCUT2D eigenvalue weighted by atomic mass is 9.90. The van der Waals surface area contributed by atoms with Crippen molar-refractivity contribution in [1.29, 1.82) is 0 Å². The van der Waals surface area contributed by atoms with Crippen LogP contribution in [0.25, 0.3) is 22.3 Å². The second-order valence-electron chi connectivity index (χ2n) is 5.65. The fourth-order valence-corrected chi connectivity index (χ4v) is 3.69. The molecule has 1 aliphatic heterocycles. The third kappa shape index (κ3) is 2.64. The van der Waals surface area contributed by atoms with E-state index in [1.165, 1.54) is 7.11 Å². The Morgan fingerprint density at radius 1 is 1.00 bits per heavy atom. The molecule has 24 heavy (non-hydrogen) atoms. The molecule has 4 rings (SSSR count). The summed E-state index contributed by atoms with van der Waals surface area (Å²) in [4.78, 5) is 11.9. The van der Waals surface area contributed by atoms with Crippen LogP contribution in [0.1, 0.15) is 11.7 Å². The number of carbonyl (C=O) groups is 1. The molecular weight excluding hydrogens is 320 g/mol. The molecule has 1 aliphatic rings. The normalized spacial score (nSPS) is 19.0. The molecule has 0 radical (unpaired) electrons. The van der Waals surface area contributed by atoms with Gasteiger partial charge in [-0.05, 0) is 44.6 Å². The van der Waals surface area contributed by atoms with Crippen molar-refractivity contribution < 1.29 is 14.3 Å². The van der Waals surface area contributed by atoms with E-state index < -0.39 is 6.10 Å². The maximum Gasteiger partial charge on any atom is 0.338 e. The average molecular weight is 336 g/mol. The molecule has 2 unspecified atom stereocenters. The van der Waals surface area contributed by atoms with Gasteiger partial charge in [-0.25, -0.2) is 4.79 Å². The summed E-state index contributed by atoms with van der Waals surface area (Å²) in [6.45, 7) is 0. The van der Waals surface area contributed by atoms with E-state index >= 15 is 0 Å². The quantitative estimate of drug-likeness (QED) is 0.512. The number of methoxy groups -OCH3 is 1. The van der Waals surface area contributed by atoms with Crippen molar-refractivity contribution in [1.82, 2.24) is 0 Å². The van der Waals surface area contributed by atoms with Gasteiger partial charge in [0.1, 0.15) is 6.10 Å². The topological polar surface area (TPSA) is 38.8 Å². The van der Waals surface area contributed by atoms with Crippen LogP contribution in [0.5, 0.6) is 0 Å². The molecule has 120 valence electrons. The van der Waals surface area contributed by atoms with Crippen molar-refractivity contribution >= 4 is 17.3 Å². The summed E-state index contributed by atoms with van der Waals surface area (Å²) in [5.74, 6) is -0.320. The van der Waals surface area contributed by atoms with Gasteiger partial charge >= 0.3 is 5.97 Å². The predicted molar refractivity (Wildman–Crippen MR) is 94.8 cm³/mol. The Morgan fingerprint density at radius 3 is 2.42 bits per heavy atom. The van der Waals surface area contributed by atoms with Crippen LogP contribution in [0.2, 0.25) is 0 Å². The highest BCUT2D eigenvalue weighted by molar-refractivity contribution is 7.08. The van der Waals surface area contributed by atoms with Crippen LogP contribution in [0.15, 0.2) is 65.4 Å². The van der Waals surface area contributed by atoms with Gasteiger partial charge in [0.15, 0.2) is 6.10 Å². The monoisotopic (exact) mass is 336 g/mol. The van der Waals surface area contributed by atoms with Crippen molar-refractivity contribution in [3.05, 3.63) is 70.9 Å². The Balaban J connectivity index is 1.86. The van der Waals surface area contributed by atoms with E-state index in [4.69, 9.17) is 9.47 Å². The van der Waals surface area contributed by atoms with E-state index in [0.29, 0.717) is 0 Å². The number of rotatable bonds is 4. The molecule has 2 atom stereocenters. The van der Waals surface area contributed by atoms with Gasteiger partial charge in [-0.15, -0.1) is 0 Å². The van der Waals surface area contributed by atoms with Crippen molar-refractivity contribution in [2.24, 2.45) is 0 Å². The summed E-state index contributed by atoms with van der Waals surface area (Å²) < 4.78 is 10.5. The number of ether oxygens (including phenoxy) is 2. The van der Waals surface area contributed by atoms with Crippen LogP contribution < -0.4 is 0 Å². The van der Waals surface area contributed by atoms with Gasteiger partial charge in [0, 0.05) is 0 Å². The Morgan fingerprint density at radius 2 is 1.75 bits per heavy atom. The van der Waals surface area contributed by atoms with Gasteiger partial charge < -0.3 is 9.47 Å². The van der Waals surface area contributed by atoms with Gasteiger partial charge in [-0.3, -0.25) is 0 Å². The Labute approximate surface area is 144 Å². The molecule has 0 spiro atoms.